The Hall–Kier alpha value is -2.12. The lowest BCUT2D eigenvalue weighted by molar-refractivity contribution is -0.120. The molecule has 1 aromatic carbocycles. The predicted octanol–water partition coefficient (Wildman–Crippen LogP) is 3.75. The van der Waals surface area contributed by atoms with E-state index >= 15 is 0 Å². The lowest BCUT2D eigenvalue weighted by Crippen LogP contribution is -2.51. The smallest absolute Gasteiger partial charge is 0.226 e. The molecule has 0 bridgehead atoms. The Bertz CT molecular complexity index is 867. The average Bonchev–Trinajstić information content (AvgIpc) is 3.25. The largest absolute Gasteiger partial charge is 0.493 e. The molecule has 1 N–H and O–H groups in total. The molecule has 2 atom stereocenters. The number of methoxy groups -OCH3 is 2. The first-order chi connectivity index (χ1) is 14.7. The average molecular weight is 430 g/mol. The van der Waals surface area contributed by atoms with Crippen LogP contribution in [-0.2, 0) is 11.2 Å². The van der Waals surface area contributed by atoms with Crippen LogP contribution >= 0.6 is 11.3 Å². The molecule has 7 heteroatoms. The second-order valence-electron chi connectivity index (χ2n) is 8.20. The molecule has 0 radical (unpaired) electrons. The zero-order valence-corrected chi connectivity index (χ0v) is 18.7. The fourth-order valence-electron chi connectivity index (χ4n) is 4.78. The summed E-state index contributed by atoms with van der Waals surface area (Å²) in [5.41, 5.74) is 1.77. The van der Waals surface area contributed by atoms with E-state index in [1.54, 1.807) is 25.6 Å². The fraction of sp³-hybridized carbons (Fsp3) is 0.565. The van der Waals surface area contributed by atoms with Gasteiger partial charge in [-0.2, -0.15) is 0 Å². The van der Waals surface area contributed by atoms with Crippen LogP contribution in [-0.4, -0.2) is 55.7 Å². The number of thiazole rings is 1. The number of nitrogens with one attached hydrogen (secondary N) is 1. The highest BCUT2D eigenvalue weighted by Gasteiger charge is 2.32. The predicted molar refractivity (Wildman–Crippen MR) is 119 cm³/mol. The summed E-state index contributed by atoms with van der Waals surface area (Å²) in [5.74, 6) is 2.01. The molecule has 2 fully saturated rings. The minimum Gasteiger partial charge on any atom is -0.493 e. The van der Waals surface area contributed by atoms with Crippen molar-refractivity contribution in [2.24, 2.45) is 5.92 Å². The van der Waals surface area contributed by atoms with Gasteiger partial charge in [0.05, 0.1) is 26.3 Å². The minimum absolute atomic E-state index is 0.0621. The van der Waals surface area contributed by atoms with Crippen LogP contribution in [0.3, 0.4) is 0 Å². The van der Waals surface area contributed by atoms with E-state index in [0.717, 1.165) is 22.8 Å². The molecule has 0 spiro atoms. The maximum absolute atomic E-state index is 12.5. The van der Waals surface area contributed by atoms with E-state index < -0.39 is 0 Å². The van der Waals surface area contributed by atoms with Gasteiger partial charge in [-0.25, -0.2) is 4.98 Å². The number of fused-ring (bicyclic) bond motifs is 1. The van der Waals surface area contributed by atoms with Crippen LogP contribution in [0.15, 0.2) is 23.6 Å². The molecule has 1 amide bonds. The van der Waals surface area contributed by atoms with Crippen molar-refractivity contribution in [2.75, 3.05) is 33.9 Å². The first-order valence-electron chi connectivity index (χ1n) is 10.9. The SMILES string of the molecule is COc1ccc(-c2nc(CC(=O)NC[C@@H]3CCCN4CCCC[C@H]34)cs2)cc1OC. The Labute approximate surface area is 182 Å². The van der Waals surface area contributed by atoms with Crippen molar-refractivity contribution in [3.63, 3.8) is 0 Å². The van der Waals surface area contributed by atoms with Gasteiger partial charge in [0.25, 0.3) is 0 Å². The van der Waals surface area contributed by atoms with Gasteiger partial charge in [0.2, 0.25) is 5.91 Å². The zero-order chi connectivity index (χ0) is 20.9. The third kappa shape index (κ3) is 4.78. The van der Waals surface area contributed by atoms with Crippen LogP contribution in [0.4, 0.5) is 0 Å². The lowest BCUT2D eigenvalue weighted by atomic mass is 9.83. The highest BCUT2D eigenvalue weighted by molar-refractivity contribution is 7.13. The molecule has 2 aliphatic rings. The number of aromatic nitrogens is 1. The van der Waals surface area contributed by atoms with Gasteiger partial charge >= 0.3 is 0 Å². The van der Waals surface area contributed by atoms with Gasteiger partial charge in [-0.05, 0) is 62.9 Å². The molecular formula is C23H31N3O3S. The van der Waals surface area contributed by atoms with Crippen LogP contribution < -0.4 is 14.8 Å². The Morgan fingerprint density at radius 1 is 1.17 bits per heavy atom. The second kappa shape index (κ2) is 9.79. The molecule has 0 aliphatic carbocycles. The first-order valence-corrected chi connectivity index (χ1v) is 11.7. The van der Waals surface area contributed by atoms with Crippen molar-refractivity contribution in [2.45, 2.75) is 44.6 Å². The number of nitrogens with zero attached hydrogens (tertiary/aromatic N) is 2. The molecule has 162 valence electrons. The number of piperidine rings is 2. The molecular weight excluding hydrogens is 398 g/mol. The van der Waals surface area contributed by atoms with Crippen LogP contribution in [0.2, 0.25) is 0 Å². The Kier molecular flexibility index (Phi) is 6.89. The summed E-state index contributed by atoms with van der Waals surface area (Å²) in [5, 5.41) is 6.02. The summed E-state index contributed by atoms with van der Waals surface area (Å²) >= 11 is 1.54. The van der Waals surface area contributed by atoms with Gasteiger partial charge in [0.15, 0.2) is 11.5 Å². The van der Waals surface area contributed by atoms with Crippen molar-refractivity contribution in [1.29, 1.82) is 0 Å². The van der Waals surface area contributed by atoms with Crippen LogP contribution in [0.25, 0.3) is 10.6 Å². The Balaban J connectivity index is 1.33. The van der Waals surface area contributed by atoms with E-state index in [1.807, 2.05) is 23.6 Å². The number of rotatable bonds is 7. The highest BCUT2D eigenvalue weighted by atomic mass is 32.1. The third-order valence-corrected chi connectivity index (χ3v) is 7.25. The van der Waals surface area contributed by atoms with Gasteiger partial charge in [-0.15, -0.1) is 11.3 Å². The summed E-state index contributed by atoms with van der Waals surface area (Å²) in [7, 11) is 3.24. The van der Waals surface area contributed by atoms with Crippen LogP contribution in [0.1, 0.15) is 37.8 Å². The van der Waals surface area contributed by atoms with Crippen molar-refractivity contribution < 1.29 is 14.3 Å². The molecule has 0 saturated carbocycles. The standard InChI is InChI=1S/C23H31N3O3S/c1-28-20-9-8-16(12-21(20)29-2)23-25-18(15-30-23)13-22(27)24-14-17-6-5-11-26-10-4-3-7-19(17)26/h8-9,12,15,17,19H,3-7,10-11,13-14H2,1-2H3,(H,24,27)/t17-,19+/m0/s1. The van der Waals surface area contributed by atoms with E-state index in [4.69, 9.17) is 9.47 Å². The van der Waals surface area contributed by atoms with Gasteiger partial charge in [-0.1, -0.05) is 6.42 Å². The summed E-state index contributed by atoms with van der Waals surface area (Å²) in [6, 6.07) is 6.41. The number of benzene rings is 1. The fourth-order valence-corrected chi connectivity index (χ4v) is 5.59. The normalized spacial score (nSPS) is 21.7. The molecule has 6 nitrogen and oxygen atoms in total. The maximum atomic E-state index is 12.5. The highest BCUT2D eigenvalue weighted by Crippen LogP contribution is 2.34. The molecule has 30 heavy (non-hydrogen) atoms. The van der Waals surface area contributed by atoms with Gasteiger partial charge < -0.3 is 19.7 Å². The number of ether oxygens (including phenoxy) is 2. The molecule has 1 aromatic heterocycles. The molecule has 4 rings (SSSR count). The van der Waals surface area contributed by atoms with Gasteiger partial charge in [0.1, 0.15) is 5.01 Å². The Morgan fingerprint density at radius 2 is 2.00 bits per heavy atom. The van der Waals surface area contributed by atoms with Crippen molar-refractivity contribution in [1.82, 2.24) is 15.2 Å². The van der Waals surface area contributed by atoms with Crippen LogP contribution in [0.5, 0.6) is 11.5 Å². The summed E-state index contributed by atoms with van der Waals surface area (Å²) in [6.45, 7) is 3.24. The number of hydrogen-bond acceptors (Lipinski definition) is 6. The van der Waals surface area contributed by atoms with E-state index in [9.17, 15) is 4.79 Å². The molecule has 2 aromatic rings. The third-order valence-electron chi connectivity index (χ3n) is 6.31. The number of carbonyl (C=O) groups is 1. The molecule has 0 unspecified atom stereocenters. The summed E-state index contributed by atoms with van der Waals surface area (Å²) in [6.07, 6.45) is 6.72. The lowest BCUT2D eigenvalue weighted by Gasteiger charge is -2.44. The summed E-state index contributed by atoms with van der Waals surface area (Å²) in [4.78, 5) is 19.9. The summed E-state index contributed by atoms with van der Waals surface area (Å²) < 4.78 is 10.7. The second-order valence-corrected chi connectivity index (χ2v) is 9.05. The molecule has 2 aliphatic heterocycles. The van der Waals surface area contributed by atoms with Crippen molar-refractivity contribution in [3.05, 3.63) is 29.3 Å². The van der Waals surface area contributed by atoms with Crippen molar-refractivity contribution in [3.8, 4) is 22.1 Å². The van der Waals surface area contributed by atoms with Gasteiger partial charge in [0, 0.05) is 23.5 Å². The van der Waals surface area contributed by atoms with Crippen LogP contribution in [0, 0.1) is 5.92 Å². The van der Waals surface area contributed by atoms with E-state index in [-0.39, 0.29) is 5.91 Å². The molecule has 3 heterocycles. The number of hydrogen-bond donors (Lipinski definition) is 1. The number of amides is 1. The minimum atomic E-state index is 0.0621. The van der Waals surface area contributed by atoms with Gasteiger partial charge in [-0.3, -0.25) is 4.79 Å². The number of carbonyl (C=O) groups excluding carboxylic acids is 1. The maximum Gasteiger partial charge on any atom is 0.226 e. The monoisotopic (exact) mass is 429 g/mol. The van der Waals surface area contributed by atoms with E-state index in [1.165, 1.54) is 45.2 Å². The zero-order valence-electron chi connectivity index (χ0n) is 17.9. The first kappa shape index (κ1) is 21.1. The Morgan fingerprint density at radius 3 is 2.83 bits per heavy atom. The quantitative estimate of drug-likeness (QED) is 0.726. The topological polar surface area (TPSA) is 63.7 Å². The van der Waals surface area contributed by atoms with E-state index in [2.05, 4.69) is 15.2 Å². The molecule has 2 saturated heterocycles. The van der Waals surface area contributed by atoms with Crippen molar-refractivity contribution >= 4 is 17.2 Å². The van der Waals surface area contributed by atoms with E-state index in [0.29, 0.717) is 29.9 Å².